The fourth-order valence-corrected chi connectivity index (χ4v) is 0.753. The van der Waals surface area contributed by atoms with Crippen molar-refractivity contribution in [2.75, 3.05) is 34.3 Å². The number of likely N-dealkylation sites (N-methyl/N-ethyl adjacent to an activating group) is 1. The highest BCUT2D eigenvalue weighted by Gasteiger charge is 2.15. The third kappa shape index (κ3) is 31.3. The van der Waals surface area contributed by atoms with E-state index in [9.17, 15) is 9.36 Å². The summed E-state index contributed by atoms with van der Waals surface area (Å²) in [6.45, 7) is 3.61. The van der Waals surface area contributed by atoms with Crippen molar-refractivity contribution in [3.8, 4) is 0 Å². The van der Waals surface area contributed by atoms with Crippen molar-refractivity contribution in [2.45, 2.75) is 0 Å². The first kappa shape index (κ1) is 21.8. The Morgan fingerprint density at radius 3 is 1.94 bits per heavy atom. The Morgan fingerprint density at radius 2 is 1.76 bits per heavy atom. The summed E-state index contributed by atoms with van der Waals surface area (Å²) in [6.07, 6.45) is 0.833. The van der Waals surface area contributed by atoms with Gasteiger partial charge in [-0.1, -0.05) is 6.58 Å². The van der Waals surface area contributed by atoms with Crippen molar-refractivity contribution in [2.24, 2.45) is 0 Å². The zero-order chi connectivity index (χ0) is 13.4. The second-order valence-corrected chi connectivity index (χ2v) is 5.12. The monoisotopic (exact) mass is 292 g/mol. The smallest absolute Gasteiger partial charge is 0.469 e. The number of hydrogen-bond donors (Lipinski definition) is 3. The number of phosphoric ester groups is 1. The quantitative estimate of drug-likeness (QED) is 0.387. The molecule has 0 unspecified atom stereocenters. The van der Waals surface area contributed by atoms with E-state index < -0.39 is 13.8 Å². The van der Waals surface area contributed by atoms with E-state index in [0.717, 1.165) is 6.08 Å². The van der Waals surface area contributed by atoms with Crippen molar-refractivity contribution >= 4 is 26.2 Å². The molecule has 0 aliphatic rings. The molecular formula is C8H20ClNO6P+. The van der Waals surface area contributed by atoms with Gasteiger partial charge in [0.2, 0.25) is 0 Å². The number of aliphatic carboxylic acids is 1. The van der Waals surface area contributed by atoms with Gasteiger partial charge in [-0.15, -0.1) is 12.4 Å². The molecule has 0 radical (unpaired) electrons. The van der Waals surface area contributed by atoms with Crippen LogP contribution in [0.1, 0.15) is 0 Å². The summed E-state index contributed by atoms with van der Waals surface area (Å²) in [7, 11) is 1.50. The van der Waals surface area contributed by atoms with Crippen molar-refractivity contribution < 1.29 is 33.3 Å². The molecule has 0 aromatic heterocycles. The number of quaternary nitrogens is 1. The molecule has 0 heterocycles. The minimum absolute atomic E-state index is 0. The molecule has 0 rings (SSSR count). The maximum absolute atomic E-state index is 10.2. The Labute approximate surface area is 107 Å². The van der Waals surface area contributed by atoms with Crippen LogP contribution in [0.3, 0.4) is 0 Å². The van der Waals surface area contributed by atoms with Gasteiger partial charge in [0.25, 0.3) is 0 Å². The average molecular weight is 293 g/mol. The first-order valence-corrected chi connectivity index (χ1v) is 5.87. The molecule has 0 spiro atoms. The summed E-state index contributed by atoms with van der Waals surface area (Å²) in [5.74, 6) is -0.981. The summed E-state index contributed by atoms with van der Waals surface area (Å²) >= 11 is 0. The molecule has 0 aromatic rings. The molecule has 0 atom stereocenters. The highest BCUT2D eigenvalue weighted by atomic mass is 35.5. The van der Waals surface area contributed by atoms with Gasteiger partial charge in [-0.3, -0.25) is 4.52 Å². The van der Waals surface area contributed by atoms with Crippen LogP contribution >= 0.6 is 20.2 Å². The van der Waals surface area contributed by atoms with Crippen LogP contribution in [0.4, 0.5) is 0 Å². The average Bonchev–Trinajstić information content (AvgIpc) is 2.00. The highest BCUT2D eigenvalue weighted by molar-refractivity contribution is 7.46. The topological polar surface area (TPSA) is 104 Å². The minimum atomic E-state index is -4.26. The molecule has 0 fully saturated rings. The summed E-state index contributed by atoms with van der Waals surface area (Å²) in [4.78, 5) is 25.8. The third-order valence-electron chi connectivity index (χ3n) is 1.20. The summed E-state index contributed by atoms with van der Waals surface area (Å²) in [5, 5.41) is 7.60. The molecule has 0 aromatic carbocycles. The molecule has 0 aliphatic carbocycles. The Kier molecular flexibility index (Phi) is 12.3. The molecule has 9 heteroatoms. The lowest BCUT2D eigenvalue weighted by atomic mass is 10.5. The van der Waals surface area contributed by atoms with Gasteiger partial charge in [0.15, 0.2) is 0 Å². The van der Waals surface area contributed by atoms with Crippen LogP contribution in [0.15, 0.2) is 12.7 Å². The number of nitrogens with zero attached hydrogens (tertiary/aromatic N) is 1. The summed E-state index contributed by atoms with van der Waals surface area (Å²) in [5.41, 5.74) is 0. The first-order valence-electron chi connectivity index (χ1n) is 4.34. The Hall–Kier alpha value is -0.430. The van der Waals surface area contributed by atoms with Crippen molar-refractivity contribution in [3.63, 3.8) is 0 Å². The van der Waals surface area contributed by atoms with Gasteiger partial charge in [-0.2, -0.15) is 0 Å². The lowest BCUT2D eigenvalue weighted by molar-refractivity contribution is -0.870. The number of carboxylic acids is 1. The van der Waals surface area contributed by atoms with Crippen LogP contribution in [0.2, 0.25) is 0 Å². The molecule has 7 nitrogen and oxygen atoms in total. The van der Waals surface area contributed by atoms with Gasteiger partial charge >= 0.3 is 13.8 Å². The second-order valence-electron chi connectivity index (χ2n) is 3.88. The summed E-state index contributed by atoms with van der Waals surface area (Å²) < 4.78 is 15.1. The first-order chi connectivity index (χ1) is 6.98. The van der Waals surface area contributed by atoms with Crippen molar-refractivity contribution in [3.05, 3.63) is 12.7 Å². The highest BCUT2D eigenvalue weighted by Crippen LogP contribution is 2.35. The maximum Gasteiger partial charge on any atom is 0.469 e. The van der Waals surface area contributed by atoms with Crippen LogP contribution in [0, 0.1) is 0 Å². The van der Waals surface area contributed by atoms with Crippen molar-refractivity contribution in [1.82, 2.24) is 0 Å². The minimum Gasteiger partial charge on any atom is -0.478 e. The van der Waals surface area contributed by atoms with Crippen LogP contribution in [0.5, 0.6) is 0 Å². The van der Waals surface area contributed by atoms with Crippen LogP contribution < -0.4 is 0 Å². The normalized spacial score (nSPS) is 10.6. The Balaban J connectivity index is -0.000000280. The van der Waals surface area contributed by atoms with E-state index in [4.69, 9.17) is 14.9 Å². The van der Waals surface area contributed by atoms with Crippen molar-refractivity contribution in [1.29, 1.82) is 0 Å². The fourth-order valence-electron chi connectivity index (χ4n) is 0.434. The molecule has 3 N–H and O–H groups in total. The zero-order valence-electron chi connectivity index (χ0n) is 10.1. The number of halogens is 1. The molecule has 104 valence electrons. The molecular weight excluding hydrogens is 273 g/mol. The van der Waals surface area contributed by atoms with E-state index in [2.05, 4.69) is 11.1 Å². The Morgan fingerprint density at radius 1 is 1.41 bits per heavy atom. The van der Waals surface area contributed by atoms with E-state index >= 15 is 0 Å². The van der Waals surface area contributed by atoms with E-state index in [1.165, 1.54) is 0 Å². The molecule has 0 saturated carbocycles. The number of phosphoric acid groups is 1. The van der Waals surface area contributed by atoms with Gasteiger partial charge in [0, 0.05) is 6.08 Å². The number of carboxylic acid groups (broad SMARTS) is 1. The predicted molar refractivity (Wildman–Crippen MR) is 66.0 cm³/mol. The van der Waals surface area contributed by atoms with Crippen LogP contribution in [-0.4, -0.2) is 59.6 Å². The number of rotatable bonds is 5. The molecule has 0 saturated heterocycles. The second kappa shape index (κ2) is 9.58. The lowest BCUT2D eigenvalue weighted by Crippen LogP contribution is -2.37. The largest absolute Gasteiger partial charge is 0.478 e. The SMILES string of the molecule is C=CC(=O)O.C[N+](C)(C)CCOP(=O)(O)O.Cl. The van der Waals surface area contributed by atoms with Crippen LogP contribution in [0.25, 0.3) is 0 Å². The van der Waals surface area contributed by atoms with E-state index in [1.807, 2.05) is 21.1 Å². The zero-order valence-corrected chi connectivity index (χ0v) is 11.8. The fraction of sp³-hybridized carbons (Fsp3) is 0.625. The number of carbonyl (C=O) groups is 1. The van der Waals surface area contributed by atoms with E-state index in [0.29, 0.717) is 11.0 Å². The van der Waals surface area contributed by atoms with Crippen LogP contribution in [-0.2, 0) is 13.9 Å². The van der Waals surface area contributed by atoms with Gasteiger partial charge < -0.3 is 19.4 Å². The summed E-state index contributed by atoms with van der Waals surface area (Å²) in [6, 6.07) is 0. The third-order valence-corrected chi connectivity index (χ3v) is 1.72. The Bertz CT molecular complexity index is 272. The van der Waals surface area contributed by atoms with E-state index in [-0.39, 0.29) is 19.0 Å². The van der Waals surface area contributed by atoms with Gasteiger partial charge in [0.05, 0.1) is 21.1 Å². The molecule has 17 heavy (non-hydrogen) atoms. The number of hydrogen-bond acceptors (Lipinski definition) is 3. The van der Waals surface area contributed by atoms with Gasteiger partial charge in [-0.05, 0) is 0 Å². The van der Waals surface area contributed by atoms with E-state index in [1.54, 1.807) is 0 Å². The van der Waals surface area contributed by atoms with Gasteiger partial charge in [0.1, 0.15) is 13.2 Å². The molecule has 0 aliphatic heterocycles. The lowest BCUT2D eigenvalue weighted by Gasteiger charge is -2.23. The maximum atomic E-state index is 10.2. The predicted octanol–water partition coefficient (Wildman–Crippen LogP) is 0.481. The van der Waals surface area contributed by atoms with Gasteiger partial charge in [-0.25, -0.2) is 9.36 Å². The molecule has 0 amide bonds. The standard InChI is InChI=1S/C5H14NO4P.C3H4O2.ClH/c1-6(2,3)4-5-10-11(7,8)9;1-2-3(4)5;/h4-5H2,1-3H3,(H-,7,8,9);2H,1H2,(H,4,5);1H/p+1. The molecule has 0 bridgehead atoms.